The number of pyridine rings is 1. The highest BCUT2D eigenvalue weighted by Crippen LogP contribution is 2.27. The third-order valence-corrected chi connectivity index (χ3v) is 8.91. The summed E-state index contributed by atoms with van der Waals surface area (Å²) in [6.45, 7) is 0.534. The molecule has 0 bridgehead atoms. The molecular weight excluding hydrogens is 472 g/mol. The molecule has 0 saturated heterocycles. The van der Waals surface area contributed by atoms with Gasteiger partial charge in [0, 0.05) is 25.5 Å². The molecule has 0 saturated carbocycles. The van der Waals surface area contributed by atoms with Crippen molar-refractivity contribution in [2.45, 2.75) is 42.4 Å². The minimum atomic E-state index is -3.72. The Balaban J connectivity index is 1.40. The van der Waals surface area contributed by atoms with Crippen molar-refractivity contribution in [3.8, 4) is 11.1 Å². The zero-order valence-corrected chi connectivity index (χ0v) is 20.1. The van der Waals surface area contributed by atoms with Gasteiger partial charge in [-0.25, -0.2) is 18.2 Å². The average molecular weight is 497 g/mol. The standard InChI is InChI=1S/C24H24N4O4S2/c29-22-21(18-8-2-1-3-9-18)23-28(14-7-17-34(23,31)32)24(30)27(22)13-4-5-16-33-20-11-6-10-19-25-12-15-26(19)20/h1-3,6,8-12,15H,4-5,7,13-14,16-17H2. The number of hydrogen-bond donors (Lipinski definition) is 0. The third-order valence-electron chi connectivity index (χ3n) is 5.95. The zero-order valence-electron chi connectivity index (χ0n) is 18.5. The highest BCUT2D eigenvalue weighted by Gasteiger charge is 2.32. The first-order valence-corrected chi connectivity index (χ1v) is 13.8. The lowest BCUT2D eigenvalue weighted by molar-refractivity contribution is 0.474. The van der Waals surface area contributed by atoms with E-state index in [1.807, 2.05) is 28.8 Å². The number of hydrogen-bond acceptors (Lipinski definition) is 6. The monoisotopic (exact) mass is 496 g/mol. The Morgan fingerprint density at radius 2 is 1.82 bits per heavy atom. The van der Waals surface area contributed by atoms with Gasteiger partial charge >= 0.3 is 5.69 Å². The van der Waals surface area contributed by atoms with Gasteiger partial charge in [0.25, 0.3) is 5.56 Å². The second-order valence-corrected chi connectivity index (χ2v) is 11.3. The highest BCUT2D eigenvalue weighted by molar-refractivity contribution is 7.99. The number of rotatable bonds is 7. The van der Waals surface area contributed by atoms with Crippen molar-refractivity contribution in [2.75, 3.05) is 11.5 Å². The fraction of sp³-hybridized carbons (Fsp3) is 0.292. The maximum absolute atomic E-state index is 13.4. The first kappa shape index (κ1) is 22.7. The first-order chi connectivity index (χ1) is 16.5. The van der Waals surface area contributed by atoms with Crippen molar-refractivity contribution in [2.24, 2.45) is 0 Å². The van der Waals surface area contributed by atoms with E-state index >= 15 is 0 Å². The summed E-state index contributed by atoms with van der Waals surface area (Å²) in [6, 6.07) is 14.7. The van der Waals surface area contributed by atoms with Gasteiger partial charge in [-0.05, 0) is 42.7 Å². The summed E-state index contributed by atoms with van der Waals surface area (Å²) in [4.78, 5) is 30.9. The van der Waals surface area contributed by atoms with Gasteiger partial charge in [0.2, 0.25) is 0 Å². The van der Waals surface area contributed by atoms with Crippen LogP contribution in [0, 0.1) is 0 Å². The topological polar surface area (TPSA) is 95.4 Å². The van der Waals surface area contributed by atoms with E-state index in [0.29, 0.717) is 18.4 Å². The summed E-state index contributed by atoms with van der Waals surface area (Å²) in [5.74, 6) is 0.759. The molecule has 0 amide bonds. The van der Waals surface area contributed by atoms with Gasteiger partial charge in [-0.2, -0.15) is 0 Å². The summed E-state index contributed by atoms with van der Waals surface area (Å²) >= 11 is 1.69. The Hall–Kier alpha value is -3.11. The second kappa shape index (κ2) is 9.27. The van der Waals surface area contributed by atoms with Gasteiger partial charge in [0.1, 0.15) is 5.65 Å². The zero-order chi connectivity index (χ0) is 23.7. The lowest BCUT2D eigenvalue weighted by Crippen LogP contribution is -2.45. The van der Waals surface area contributed by atoms with Crippen LogP contribution < -0.4 is 11.2 Å². The smallest absolute Gasteiger partial charge is 0.294 e. The van der Waals surface area contributed by atoms with Crippen LogP contribution in [-0.2, 0) is 22.9 Å². The molecule has 0 radical (unpaired) electrons. The normalized spacial score (nSPS) is 14.8. The largest absolute Gasteiger partial charge is 0.332 e. The van der Waals surface area contributed by atoms with Crippen LogP contribution in [0.4, 0.5) is 0 Å². The van der Waals surface area contributed by atoms with Crippen molar-refractivity contribution in [1.29, 1.82) is 0 Å². The van der Waals surface area contributed by atoms with Crippen LogP contribution in [0.5, 0.6) is 0 Å². The van der Waals surface area contributed by atoms with Crippen LogP contribution >= 0.6 is 11.8 Å². The maximum Gasteiger partial charge on any atom is 0.332 e. The molecule has 0 unspecified atom stereocenters. The van der Waals surface area contributed by atoms with E-state index in [-0.39, 0.29) is 29.4 Å². The lowest BCUT2D eigenvalue weighted by Gasteiger charge is -2.23. The van der Waals surface area contributed by atoms with Crippen LogP contribution in [0.2, 0.25) is 0 Å². The summed E-state index contributed by atoms with van der Waals surface area (Å²) in [6.07, 6.45) is 5.47. The summed E-state index contributed by atoms with van der Waals surface area (Å²) in [5.41, 5.74) is 0.421. The van der Waals surface area contributed by atoms with E-state index in [1.54, 1.807) is 48.3 Å². The van der Waals surface area contributed by atoms with E-state index in [9.17, 15) is 18.0 Å². The van der Waals surface area contributed by atoms with Crippen LogP contribution in [0.15, 0.2) is 80.6 Å². The van der Waals surface area contributed by atoms with E-state index in [0.717, 1.165) is 22.8 Å². The molecule has 0 N–H and O–H groups in total. The molecule has 4 heterocycles. The molecule has 8 nitrogen and oxygen atoms in total. The van der Waals surface area contributed by atoms with Gasteiger partial charge in [-0.1, -0.05) is 36.4 Å². The molecular formula is C24H24N4O4S2. The predicted octanol–water partition coefficient (Wildman–Crippen LogP) is 3.07. The number of sulfone groups is 1. The van der Waals surface area contributed by atoms with Gasteiger partial charge in [0.05, 0.1) is 16.3 Å². The maximum atomic E-state index is 13.4. The van der Waals surface area contributed by atoms with Crippen LogP contribution in [-0.4, -0.2) is 38.4 Å². The minimum absolute atomic E-state index is 0.0589. The van der Waals surface area contributed by atoms with E-state index < -0.39 is 21.1 Å². The average Bonchev–Trinajstić information content (AvgIpc) is 3.32. The van der Waals surface area contributed by atoms with Crippen LogP contribution in [0.1, 0.15) is 19.3 Å². The lowest BCUT2D eigenvalue weighted by atomic mass is 10.1. The SMILES string of the molecule is O=c1c(-c2ccccc2)c2n(c(=O)n1CCCCSc1cccc3nccn13)CCCS2(=O)=O. The predicted molar refractivity (Wildman–Crippen MR) is 132 cm³/mol. The number of fused-ring (bicyclic) bond motifs is 2. The van der Waals surface area contributed by atoms with Gasteiger partial charge in [-0.15, -0.1) is 11.8 Å². The number of aromatic nitrogens is 4. The molecule has 34 heavy (non-hydrogen) atoms. The molecule has 0 atom stereocenters. The van der Waals surface area contributed by atoms with Gasteiger partial charge in [0.15, 0.2) is 14.9 Å². The Morgan fingerprint density at radius 1 is 1.00 bits per heavy atom. The van der Waals surface area contributed by atoms with Crippen molar-refractivity contribution in [3.05, 3.63) is 81.8 Å². The molecule has 3 aromatic heterocycles. The number of unbranched alkanes of at least 4 members (excludes halogenated alkanes) is 1. The molecule has 0 aliphatic carbocycles. The van der Waals surface area contributed by atoms with Gasteiger partial charge in [-0.3, -0.25) is 18.3 Å². The Morgan fingerprint density at radius 3 is 2.65 bits per heavy atom. The van der Waals surface area contributed by atoms with E-state index in [1.165, 1.54) is 9.13 Å². The van der Waals surface area contributed by atoms with Crippen molar-refractivity contribution in [3.63, 3.8) is 0 Å². The fourth-order valence-corrected chi connectivity index (χ4v) is 7.10. The molecule has 176 valence electrons. The summed E-state index contributed by atoms with van der Waals surface area (Å²) in [5, 5.41) is 0.942. The molecule has 4 aromatic rings. The second-order valence-electron chi connectivity index (χ2n) is 8.18. The summed E-state index contributed by atoms with van der Waals surface area (Å²) < 4.78 is 30.2. The van der Waals surface area contributed by atoms with Crippen molar-refractivity contribution < 1.29 is 8.42 Å². The number of imidazole rings is 1. The Kier molecular flexibility index (Phi) is 6.18. The molecule has 1 aliphatic rings. The number of benzene rings is 1. The molecule has 5 rings (SSSR count). The van der Waals surface area contributed by atoms with Crippen LogP contribution in [0.25, 0.3) is 16.8 Å². The summed E-state index contributed by atoms with van der Waals surface area (Å²) in [7, 11) is -3.72. The Labute approximate surface area is 200 Å². The molecule has 1 aliphatic heterocycles. The van der Waals surface area contributed by atoms with E-state index in [4.69, 9.17) is 0 Å². The van der Waals surface area contributed by atoms with Gasteiger partial charge < -0.3 is 0 Å². The molecule has 0 fully saturated rings. The molecule has 1 aromatic carbocycles. The van der Waals surface area contributed by atoms with Crippen LogP contribution in [0.3, 0.4) is 0 Å². The van der Waals surface area contributed by atoms with E-state index in [2.05, 4.69) is 4.98 Å². The molecule has 0 spiro atoms. The quantitative estimate of drug-likeness (QED) is 0.222. The first-order valence-electron chi connectivity index (χ1n) is 11.2. The number of nitrogens with zero attached hydrogens (tertiary/aromatic N) is 4. The minimum Gasteiger partial charge on any atom is -0.294 e. The highest BCUT2D eigenvalue weighted by atomic mass is 32.2. The van der Waals surface area contributed by atoms with Crippen molar-refractivity contribution in [1.82, 2.24) is 18.5 Å². The fourth-order valence-electron chi connectivity index (χ4n) is 4.35. The number of thioether (sulfide) groups is 1. The Bertz CT molecular complexity index is 1570. The molecule has 10 heteroatoms. The third kappa shape index (κ3) is 4.12. The van der Waals surface area contributed by atoms with Crippen molar-refractivity contribution >= 4 is 27.2 Å².